The maximum absolute atomic E-state index is 12.9. The van der Waals surface area contributed by atoms with Gasteiger partial charge in [-0.1, -0.05) is 0 Å². The predicted octanol–water partition coefficient (Wildman–Crippen LogP) is 1.54. The van der Waals surface area contributed by atoms with E-state index in [0.29, 0.717) is 37.6 Å². The average Bonchev–Trinajstić information content (AvgIpc) is 2.84. The number of aromatic amines is 1. The van der Waals surface area contributed by atoms with Crippen LogP contribution in [0, 0.1) is 0 Å². The first-order chi connectivity index (χ1) is 15.5. The number of nitrogens with one attached hydrogen (secondary N) is 1. The SMILES string of the molecule is COCC(=O)N1CCC(c2nc(C3CCCN(C(=O)c4ccncc4)C3)cc(=O)[nH]2)CC1. The van der Waals surface area contributed by atoms with Crippen molar-refractivity contribution >= 4 is 11.8 Å². The van der Waals surface area contributed by atoms with Crippen LogP contribution in [0.4, 0.5) is 0 Å². The third kappa shape index (κ3) is 5.04. The second-order valence-electron chi connectivity index (χ2n) is 8.47. The fourth-order valence-corrected chi connectivity index (χ4v) is 4.60. The smallest absolute Gasteiger partial charge is 0.253 e. The van der Waals surface area contributed by atoms with E-state index in [2.05, 4.69) is 9.97 Å². The highest BCUT2D eigenvalue weighted by Crippen LogP contribution is 2.29. The van der Waals surface area contributed by atoms with Gasteiger partial charge in [-0.15, -0.1) is 0 Å². The van der Waals surface area contributed by atoms with Crippen molar-refractivity contribution in [3.8, 4) is 0 Å². The molecule has 0 radical (unpaired) electrons. The van der Waals surface area contributed by atoms with Gasteiger partial charge in [0.1, 0.15) is 12.4 Å². The van der Waals surface area contributed by atoms with E-state index >= 15 is 0 Å². The van der Waals surface area contributed by atoms with Crippen LogP contribution in [0.3, 0.4) is 0 Å². The Labute approximate surface area is 186 Å². The minimum atomic E-state index is -0.166. The van der Waals surface area contributed by atoms with Gasteiger partial charge in [-0.3, -0.25) is 19.4 Å². The van der Waals surface area contributed by atoms with Crippen LogP contribution >= 0.6 is 0 Å². The summed E-state index contributed by atoms with van der Waals surface area (Å²) in [4.78, 5) is 52.7. The summed E-state index contributed by atoms with van der Waals surface area (Å²) in [5, 5.41) is 0. The van der Waals surface area contributed by atoms with Crippen molar-refractivity contribution in [3.05, 3.63) is 58.0 Å². The van der Waals surface area contributed by atoms with Crippen LogP contribution in [-0.2, 0) is 9.53 Å². The Kier molecular flexibility index (Phi) is 6.94. The zero-order valence-corrected chi connectivity index (χ0v) is 18.3. The first-order valence-corrected chi connectivity index (χ1v) is 11.1. The Morgan fingerprint density at radius 1 is 1.09 bits per heavy atom. The summed E-state index contributed by atoms with van der Waals surface area (Å²) in [5.74, 6) is 0.785. The molecule has 2 fully saturated rings. The minimum absolute atomic E-state index is 0.0117. The minimum Gasteiger partial charge on any atom is -0.375 e. The van der Waals surface area contributed by atoms with Gasteiger partial charge in [0.2, 0.25) is 5.91 Å². The van der Waals surface area contributed by atoms with Crippen LogP contribution in [-0.4, -0.2) is 76.5 Å². The molecule has 0 saturated carbocycles. The number of amides is 2. The number of hydrogen-bond donors (Lipinski definition) is 1. The van der Waals surface area contributed by atoms with Gasteiger partial charge in [-0.05, 0) is 37.8 Å². The predicted molar refractivity (Wildman–Crippen MR) is 117 cm³/mol. The number of rotatable bonds is 5. The maximum Gasteiger partial charge on any atom is 0.253 e. The number of carbonyl (C=O) groups excluding carboxylic acids is 2. The van der Waals surface area contributed by atoms with Crippen molar-refractivity contribution in [2.75, 3.05) is 39.9 Å². The third-order valence-corrected chi connectivity index (χ3v) is 6.34. The number of nitrogens with zero attached hydrogens (tertiary/aromatic N) is 4. The zero-order chi connectivity index (χ0) is 22.5. The molecule has 2 saturated heterocycles. The van der Waals surface area contributed by atoms with Gasteiger partial charge in [-0.2, -0.15) is 0 Å². The number of H-pyrrole nitrogens is 1. The number of piperidine rings is 2. The first kappa shape index (κ1) is 22.1. The van der Waals surface area contributed by atoms with E-state index in [-0.39, 0.29) is 35.8 Å². The zero-order valence-electron chi connectivity index (χ0n) is 18.3. The lowest BCUT2D eigenvalue weighted by atomic mass is 9.92. The Hall–Kier alpha value is -3.07. The van der Waals surface area contributed by atoms with Crippen LogP contribution in [0.15, 0.2) is 35.4 Å². The van der Waals surface area contributed by atoms with Crippen LogP contribution in [0.25, 0.3) is 0 Å². The molecule has 170 valence electrons. The fraction of sp³-hybridized carbons (Fsp3) is 0.522. The lowest BCUT2D eigenvalue weighted by Gasteiger charge is -2.33. The van der Waals surface area contributed by atoms with E-state index < -0.39 is 0 Å². The fourth-order valence-electron chi connectivity index (χ4n) is 4.60. The Morgan fingerprint density at radius 2 is 1.84 bits per heavy atom. The number of aromatic nitrogens is 3. The summed E-state index contributed by atoms with van der Waals surface area (Å²) in [7, 11) is 1.52. The number of carbonyl (C=O) groups is 2. The molecular formula is C23H29N5O4. The highest BCUT2D eigenvalue weighted by Gasteiger charge is 2.29. The van der Waals surface area contributed by atoms with Crippen molar-refractivity contribution < 1.29 is 14.3 Å². The Morgan fingerprint density at radius 3 is 2.56 bits per heavy atom. The largest absolute Gasteiger partial charge is 0.375 e. The molecule has 4 rings (SSSR count). The normalized spacial score (nSPS) is 19.7. The topological polar surface area (TPSA) is 108 Å². The molecule has 1 N–H and O–H groups in total. The molecule has 2 aliphatic rings. The summed E-state index contributed by atoms with van der Waals surface area (Å²) in [6.07, 6.45) is 6.49. The van der Waals surface area contributed by atoms with E-state index in [9.17, 15) is 14.4 Å². The maximum atomic E-state index is 12.9. The molecule has 2 amide bonds. The van der Waals surface area contributed by atoms with Gasteiger partial charge in [0, 0.05) is 69.1 Å². The number of hydrogen-bond acceptors (Lipinski definition) is 6. The average molecular weight is 440 g/mol. The molecule has 1 unspecified atom stereocenters. The molecule has 4 heterocycles. The van der Waals surface area contributed by atoms with Gasteiger partial charge in [-0.25, -0.2) is 4.98 Å². The van der Waals surface area contributed by atoms with E-state index in [1.807, 2.05) is 4.90 Å². The van der Waals surface area contributed by atoms with Gasteiger partial charge in [0.15, 0.2) is 0 Å². The molecule has 1 atom stereocenters. The molecule has 0 spiro atoms. The molecule has 2 aromatic heterocycles. The Balaban J connectivity index is 1.45. The summed E-state index contributed by atoms with van der Waals surface area (Å²) < 4.78 is 4.94. The number of ether oxygens (including phenoxy) is 1. The molecule has 32 heavy (non-hydrogen) atoms. The Bertz CT molecular complexity index is 1000. The molecular weight excluding hydrogens is 410 g/mol. The molecule has 9 heteroatoms. The number of pyridine rings is 1. The van der Waals surface area contributed by atoms with Crippen molar-refractivity contribution in [1.29, 1.82) is 0 Å². The van der Waals surface area contributed by atoms with Crippen molar-refractivity contribution in [1.82, 2.24) is 24.8 Å². The highest BCUT2D eigenvalue weighted by molar-refractivity contribution is 5.94. The quantitative estimate of drug-likeness (QED) is 0.757. The molecule has 0 aliphatic carbocycles. The van der Waals surface area contributed by atoms with Crippen molar-refractivity contribution in [2.24, 2.45) is 0 Å². The van der Waals surface area contributed by atoms with Crippen LogP contribution in [0.5, 0.6) is 0 Å². The first-order valence-electron chi connectivity index (χ1n) is 11.1. The van der Waals surface area contributed by atoms with E-state index in [4.69, 9.17) is 9.72 Å². The summed E-state index contributed by atoms with van der Waals surface area (Å²) in [6, 6.07) is 5.00. The third-order valence-electron chi connectivity index (χ3n) is 6.34. The standard InChI is InChI=1S/C23H29N5O4/c1-32-15-21(30)27-11-6-16(7-12-27)22-25-19(13-20(29)26-22)18-3-2-10-28(14-18)23(31)17-4-8-24-9-5-17/h4-5,8-9,13,16,18H,2-3,6-7,10-12,14-15H2,1H3,(H,25,26,29). The number of methoxy groups -OCH3 is 1. The molecule has 0 aromatic carbocycles. The van der Waals surface area contributed by atoms with Gasteiger partial charge in [0.25, 0.3) is 11.5 Å². The molecule has 2 aromatic rings. The van der Waals surface area contributed by atoms with Gasteiger partial charge in [0.05, 0.1) is 5.69 Å². The van der Waals surface area contributed by atoms with Crippen LogP contribution < -0.4 is 5.56 Å². The second kappa shape index (κ2) is 10.0. The van der Waals surface area contributed by atoms with Gasteiger partial charge >= 0.3 is 0 Å². The van der Waals surface area contributed by atoms with E-state index in [0.717, 1.165) is 31.4 Å². The monoisotopic (exact) mass is 439 g/mol. The number of likely N-dealkylation sites (tertiary alicyclic amines) is 2. The van der Waals surface area contributed by atoms with E-state index in [1.165, 1.54) is 7.11 Å². The van der Waals surface area contributed by atoms with Crippen molar-refractivity contribution in [3.63, 3.8) is 0 Å². The summed E-state index contributed by atoms with van der Waals surface area (Å²) in [5.41, 5.74) is 1.20. The lowest BCUT2D eigenvalue weighted by molar-refractivity contribution is -0.136. The van der Waals surface area contributed by atoms with Crippen molar-refractivity contribution in [2.45, 2.75) is 37.5 Å². The highest BCUT2D eigenvalue weighted by atomic mass is 16.5. The molecule has 0 bridgehead atoms. The van der Waals surface area contributed by atoms with E-state index in [1.54, 1.807) is 35.5 Å². The second-order valence-corrected chi connectivity index (χ2v) is 8.47. The molecule has 2 aliphatic heterocycles. The lowest BCUT2D eigenvalue weighted by Crippen LogP contribution is -2.41. The summed E-state index contributed by atoms with van der Waals surface area (Å²) in [6.45, 7) is 2.57. The molecule has 9 nitrogen and oxygen atoms in total. The van der Waals surface area contributed by atoms with Gasteiger partial charge < -0.3 is 19.5 Å². The van der Waals surface area contributed by atoms with Crippen LogP contribution in [0.2, 0.25) is 0 Å². The van der Waals surface area contributed by atoms with Crippen LogP contribution in [0.1, 0.15) is 59.4 Å². The summed E-state index contributed by atoms with van der Waals surface area (Å²) >= 11 is 0.